The summed E-state index contributed by atoms with van der Waals surface area (Å²) in [4.78, 5) is 32.7. The van der Waals surface area contributed by atoms with Gasteiger partial charge in [-0.1, -0.05) is 18.2 Å². The van der Waals surface area contributed by atoms with Crippen molar-refractivity contribution in [3.63, 3.8) is 0 Å². The molecule has 1 aromatic heterocycles. The number of para-hydroxylation sites is 1. The highest BCUT2D eigenvalue weighted by atomic mass is 16.5. The smallest absolute Gasteiger partial charge is 0.252 e. The minimum absolute atomic E-state index is 0.134. The van der Waals surface area contributed by atoms with E-state index in [-0.39, 0.29) is 11.8 Å². The van der Waals surface area contributed by atoms with Gasteiger partial charge < -0.3 is 29.2 Å². The van der Waals surface area contributed by atoms with Crippen molar-refractivity contribution in [3.8, 4) is 28.5 Å². The van der Waals surface area contributed by atoms with Crippen LogP contribution in [-0.2, 0) is 9.53 Å². The van der Waals surface area contributed by atoms with E-state index in [9.17, 15) is 9.59 Å². The lowest BCUT2D eigenvalue weighted by Gasteiger charge is -2.29. The largest absolute Gasteiger partial charge is 0.493 e. The second kappa shape index (κ2) is 10.6. The standard InChI is InChI=1S/C26H29N3O6/c1-16(26(31)29-9-11-35-12-10-29)27-25(30)19-15-21(28-20-8-6-5-7-18(19)20)17-13-22(32-2)24(34-4)23(14-17)33-3/h5-8,13-16H,9-12H2,1-4H3,(H,27,30). The van der Waals surface area contributed by atoms with E-state index in [1.807, 2.05) is 24.3 Å². The first-order valence-electron chi connectivity index (χ1n) is 11.3. The Bertz CT molecular complexity index is 1210. The molecule has 184 valence electrons. The van der Waals surface area contributed by atoms with Crippen LogP contribution in [0.5, 0.6) is 17.2 Å². The molecule has 1 N–H and O–H groups in total. The van der Waals surface area contributed by atoms with E-state index in [0.717, 1.165) is 0 Å². The van der Waals surface area contributed by atoms with Gasteiger partial charge in [0.1, 0.15) is 6.04 Å². The number of pyridine rings is 1. The predicted octanol–water partition coefficient (Wildman–Crippen LogP) is 2.90. The molecule has 1 aliphatic heterocycles. The quantitative estimate of drug-likeness (QED) is 0.556. The average Bonchev–Trinajstić information content (AvgIpc) is 2.91. The normalized spacial score (nSPS) is 14.3. The molecule has 1 unspecified atom stereocenters. The van der Waals surface area contributed by atoms with Gasteiger partial charge in [0.15, 0.2) is 11.5 Å². The molecule has 2 amide bonds. The number of benzene rings is 2. The van der Waals surface area contributed by atoms with Gasteiger partial charge in [-0.3, -0.25) is 9.59 Å². The molecular weight excluding hydrogens is 450 g/mol. The first-order valence-corrected chi connectivity index (χ1v) is 11.3. The van der Waals surface area contributed by atoms with Crippen LogP contribution < -0.4 is 19.5 Å². The Morgan fingerprint density at radius 1 is 1.00 bits per heavy atom. The van der Waals surface area contributed by atoms with Crippen molar-refractivity contribution in [2.75, 3.05) is 47.6 Å². The van der Waals surface area contributed by atoms with Crippen LogP contribution in [0.4, 0.5) is 0 Å². The molecule has 2 heterocycles. The number of morpholine rings is 1. The molecule has 0 bridgehead atoms. The van der Waals surface area contributed by atoms with E-state index in [1.165, 1.54) is 7.11 Å². The minimum atomic E-state index is -0.683. The summed E-state index contributed by atoms with van der Waals surface area (Å²) in [5.41, 5.74) is 2.31. The van der Waals surface area contributed by atoms with Crippen LogP contribution in [-0.4, -0.2) is 75.4 Å². The molecular formula is C26H29N3O6. The highest BCUT2D eigenvalue weighted by Crippen LogP contribution is 2.41. The van der Waals surface area contributed by atoms with Crippen molar-refractivity contribution in [3.05, 3.63) is 48.0 Å². The second-order valence-corrected chi connectivity index (χ2v) is 8.12. The number of hydrogen-bond acceptors (Lipinski definition) is 7. The maximum atomic E-state index is 13.4. The summed E-state index contributed by atoms with van der Waals surface area (Å²) in [6.45, 7) is 3.73. The molecule has 1 aliphatic rings. The third-order valence-corrected chi connectivity index (χ3v) is 5.96. The van der Waals surface area contributed by atoms with Crippen LogP contribution in [0, 0.1) is 0 Å². The van der Waals surface area contributed by atoms with Gasteiger partial charge in [-0.25, -0.2) is 4.98 Å². The van der Waals surface area contributed by atoms with Gasteiger partial charge in [0, 0.05) is 24.0 Å². The number of rotatable bonds is 7. The van der Waals surface area contributed by atoms with Crippen molar-refractivity contribution in [2.45, 2.75) is 13.0 Å². The molecule has 3 aromatic rings. The van der Waals surface area contributed by atoms with E-state index in [0.29, 0.717) is 71.3 Å². The van der Waals surface area contributed by atoms with Crippen LogP contribution in [0.15, 0.2) is 42.5 Å². The lowest BCUT2D eigenvalue weighted by Crippen LogP contribution is -2.50. The van der Waals surface area contributed by atoms with E-state index in [2.05, 4.69) is 5.32 Å². The van der Waals surface area contributed by atoms with Crippen molar-refractivity contribution in [2.24, 2.45) is 0 Å². The van der Waals surface area contributed by atoms with Crippen molar-refractivity contribution in [1.29, 1.82) is 0 Å². The van der Waals surface area contributed by atoms with Crippen LogP contribution in [0.2, 0.25) is 0 Å². The minimum Gasteiger partial charge on any atom is -0.493 e. The Hall–Kier alpha value is -3.85. The summed E-state index contributed by atoms with van der Waals surface area (Å²) >= 11 is 0. The molecule has 1 saturated heterocycles. The molecule has 35 heavy (non-hydrogen) atoms. The zero-order chi connectivity index (χ0) is 24.9. The first-order chi connectivity index (χ1) is 17.0. The zero-order valence-electron chi connectivity index (χ0n) is 20.3. The predicted molar refractivity (Wildman–Crippen MR) is 131 cm³/mol. The third-order valence-electron chi connectivity index (χ3n) is 5.96. The second-order valence-electron chi connectivity index (χ2n) is 8.12. The fourth-order valence-corrected chi connectivity index (χ4v) is 4.13. The number of methoxy groups -OCH3 is 3. The molecule has 4 rings (SSSR count). The summed E-state index contributed by atoms with van der Waals surface area (Å²) in [7, 11) is 4.62. The van der Waals surface area contributed by atoms with Gasteiger partial charge in [-0.2, -0.15) is 0 Å². The van der Waals surface area contributed by atoms with Crippen LogP contribution >= 0.6 is 0 Å². The van der Waals surface area contributed by atoms with Gasteiger partial charge in [0.25, 0.3) is 5.91 Å². The number of carbonyl (C=O) groups is 2. The van der Waals surface area contributed by atoms with E-state index in [1.54, 1.807) is 44.2 Å². The van der Waals surface area contributed by atoms with Gasteiger partial charge in [0.05, 0.1) is 51.3 Å². The number of nitrogens with one attached hydrogen (secondary N) is 1. The highest BCUT2D eigenvalue weighted by molar-refractivity contribution is 6.08. The lowest BCUT2D eigenvalue weighted by molar-refractivity contribution is -0.136. The Morgan fingerprint density at radius 3 is 2.29 bits per heavy atom. The number of carbonyl (C=O) groups excluding carboxylic acids is 2. The molecule has 9 heteroatoms. The van der Waals surface area contributed by atoms with Crippen molar-refractivity contribution in [1.82, 2.24) is 15.2 Å². The molecule has 9 nitrogen and oxygen atoms in total. The third kappa shape index (κ3) is 5.00. The fourth-order valence-electron chi connectivity index (χ4n) is 4.13. The maximum Gasteiger partial charge on any atom is 0.252 e. The molecule has 1 atom stereocenters. The number of ether oxygens (including phenoxy) is 4. The van der Waals surface area contributed by atoms with Gasteiger partial charge in [-0.05, 0) is 31.2 Å². The summed E-state index contributed by atoms with van der Waals surface area (Å²) in [6.07, 6.45) is 0. The van der Waals surface area contributed by atoms with Gasteiger partial charge in [0.2, 0.25) is 11.7 Å². The summed E-state index contributed by atoms with van der Waals surface area (Å²) < 4.78 is 21.7. The monoisotopic (exact) mass is 479 g/mol. The van der Waals surface area contributed by atoms with Crippen LogP contribution in [0.3, 0.4) is 0 Å². The summed E-state index contributed by atoms with van der Waals surface area (Å²) in [5, 5.41) is 3.55. The molecule has 0 radical (unpaired) electrons. The maximum absolute atomic E-state index is 13.4. The van der Waals surface area contributed by atoms with Crippen LogP contribution in [0.1, 0.15) is 17.3 Å². The van der Waals surface area contributed by atoms with E-state index >= 15 is 0 Å². The van der Waals surface area contributed by atoms with Crippen LogP contribution in [0.25, 0.3) is 22.2 Å². The topological polar surface area (TPSA) is 99.2 Å². The number of amides is 2. The number of hydrogen-bond donors (Lipinski definition) is 1. The molecule has 0 spiro atoms. The van der Waals surface area contributed by atoms with E-state index < -0.39 is 6.04 Å². The Balaban J connectivity index is 1.71. The lowest BCUT2D eigenvalue weighted by atomic mass is 10.0. The van der Waals surface area contributed by atoms with Gasteiger partial charge in [-0.15, -0.1) is 0 Å². The summed E-state index contributed by atoms with van der Waals surface area (Å²) in [6, 6.07) is 12.0. The number of aromatic nitrogens is 1. The van der Waals surface area contributed by atoms with Crippen molar-refractivity contribution < 1.29 is 28.5 Å². The van der Waals surface area contributed by atoms with Gasteiger partial charge >= 0.3 is 0 Å². The SMILES string of the molecule is COc1cc(-c2cc(C(=O)NC(C)C(=O)N3CCOCC3)c3ccccc3n2)cc(OC)c1OC. The molecule has 2 aromatic carbocycles. The highest BCUT2D eigenvalue weighted by Gasteiger charge is 2.25. The first kappa shape index (κ1) is 24.3. The molecule has 1 fully saturated rings. The Labute approximate surface area is 203 Å². The molecule has 0 saturated carbocycles. The number of fused-ring (bicyclic) bond motifs is 1. The molecule has 0 aliphatic carbocycles. The van der Waals surface area contributed by atoms with E-state index in [4.69, 9.17) is 23.9 Å². The number of nitrogens with zero attached hydrogens (tertiary/aromatic N) is 2. The average molecular weight is 480 g/mol. The van der Waals surface area contributed by atoms with Crippen molar-refractivity contribution >= 4 is 22.7 Å². The zero-order valence-corrected chi connectivity index (χ0v) is 20.3. The Morgan fingerprint density at radius 2 is 1.66 bits per heavy atom. The summed E-state index contributed by atoms with van der Waals surface area (Å²) in [5.74, 6) is 0.935. The Kier molecular flexibility index (Phi) is 7.36. The fraction of sp³-hybridized carbons (Fsp3) is 0.346.